The smallest absolute Gasteiger partial charge is 0.259 e. The Morgan fingerprint density at radius 1 is 0.909 bits per heavy atom. The quantitative estimate of drug-likeness (QED) is 0.740. The highest BCUT2D eigenvalue weighted by molar-refractivity contribution is 5.60. The molecule has 1 fully saturated rings. The highest BCUT2D eigenvalue weighted by Crippen LogP contribution is 2.24. The maximum atomic E-state index is 5.36. The number of hydrogen-bond acceptors (Lipinski definition) is 5. The second-order valence-corrected chi connectivity index (χ2v) is 5.39. The van der Waals surface area contributed by atoms with Gasteiger partial charge >= 0.3 is 0 Å². The average Bonchev–Trinajstić information content (AvgIpc) is 3.28. The van der Waals surface area contributed by atoms with Crippen LogP contribution in [0.5, 0.6) is 0 Å². The van der Waals surface area contributed by atoms with Crippen molar-refractivity contribution in [1.82, 2.24) is 15.1 Å². The third kappa shape index (κ3) is 2.45. The third-order valence-electron chi connectivity index (χ3n) is 3.88. The molecule has 3 aromatic rings. The molecule has 0 saturated carbocycles. The van der Waals surface area contributed by atoms with Gasteiger partial charge in [0.15, 0.2) is 0 Å². The molecule has 1 saturated heterocycles. The topological polar surface area (TPSA) is 55.1 Å². The number of nitrogens with zero attached hydrogens (tertiary/aromatic N) is 4. The summed E-state index contributed by atoms with van der Waals surface area (Å²) in [6, 6.07) is 13.8. The molecule has 5 nitrogen and oxygen atoms in total. The number of rotatable bonds is 3. The van der Waals surface area contributed by atoms with E-state index in [-0.39, 0.29) is 0 Å². The number of anilines is 1. The molecule has 110 valence electrons. The Morgan fingerprint density at radius 2 is 1.73 bits per heavy atom. The predicted octanol–water partition coefficient (Wildman–Crippen LogP) is 3.40. The van der Waals surface area contributed by atoms with E-state index < -0.39 is 0 Å². The Morgan fingerprint density at radius 3 is 2.45 bits per heavy atom. The second kappa shape index (κ2) is 5.60. The molecular formula is C17H16N4O. The summed E-state index contributed by atoms with van der Waals surface area (Å²) < 4.78 is 5.36. The zero-order chi connectivity index (χ0) is 14.8. The minimum atomic E-state index is 0.499. The lowest BCUT2D eigenvalue weighted by Gasteiger charge is -2.15. The first-order valence-electron chi connectivity index (χ1n) is 7.51. The molecule has 4 rings (SSSR count). The Hall–Kier alpha value is -2.69. The van der Waals surface area contributed by atoms with Crippen LogP contribution in [0.15, 0.2) is 53.2 Å². The van der Waals surface area contributed by atoms with Gasteiger partial charge < -0.3 is 9.42 Å². The maximum absolute atomic E-state index is 5.36. The van der Waals surface area contributed by atoms with Crippen molar-refractivity contribution in [2.24, 2.45) is 0 Å². The molecule has 0 amide bonds. The van der Waals surface area contributed by atoms with Crippen LogP contribution in [0.25, 0.3) is 22.8 Å². The first-order chi connectivity index (χ1) is 10.9. The van der Waals surface area contributed by atoms with Gasteiger partial charge in [-0.2, -0.15) is 4.98 Å². The minimum Gasteiger partial charge on any atom is -0.357 e. The largest absolute Gasteiger partial charge is 0.357 e. The Balaban J connectivity index is 1.58. The van der Waals surface area contributed by atoms with E-state index in [0.29, 0.717) is 11.7 Å². The van der Waals surface area contributed by atoms with E-state index in [0.717, 1.165) is 30.0 Å². The number of hydrogen-bond donors (Lipinski definition) is 0. The molecule has 1 aliphatic heterocycles. The fraction of sp³-hybridized carbons (Fsp3) is 0.235. The van der Waals surface area contributed by atoms with Gasteiger partial charge in [0.05, 0.1) is 5.56 Å². The van der Waals surface area contributed by atoms with Gasteiger partial charge in [-0.15, -0.1) is 0 Å². The molecule has 0 spiro atoms. The van der Waals surface area contributed by atoms with Crippen molar-refractivity contribution in [3.8, 4) is 22.8 Å². The molecule has 22 heavy (non-hydrogen) atoms. The van der Waals surface area contributed by atoms with Crippen LogP contribution in [0.2, 0.25) is 0 Å². The van der Waals surface area contributed by atoms with E-state index in [9.17, 15) is 0 Å². The van der Waals surface area contributed by atoms with Crippen LogP contribution in [0.3, 0.4) is 0 Å². The standard InChI is InChI=1S/C17H16N4O/c1-2-6-13(7-3-1)16-19-17(22-20-16)14-8-9-15(18-12-14)21-10-4-5-11-21/h1-3,6-9,12H,4-5,10-11H2. The fourth-order valence-electron chi connectivity index (χ4n) is 2.69. The lowest BCUT2D eigenvalue weighted by Crippen LogP contribution is -2.18. The monoisotopic (exact) mass is 292 g/mol. The SMILES string of the molecule is c1ccc(-c2noc(-c3ccc(N4CCCC4)nc3)n2)cc1. The molecule has 1 aliphatic rings. The summed E-state index contributed by atoms with van der Waals surface area (Å²) in [5.74, 6) is 2.11. The molecule has 1 aromatic carbocycles. The molecular weight excluding hydrogens is 276 g/mol. The molecule has 0 unspecified atom stereocenters. The van der Waals surface area contributed by atoms with Crippen LogP contribution >= 0.6 is 0 Å². The molecule has 5 heteroatoms. The molecule has 0 atom stereocenters. The summed E-state index contributed by atoms with van der Waals surface area (Å²) in [5.41, 5.74) is 1.79. The van der Waals surface area contributed by atoms with Crippen LogP contribution in [0.1, 0.15) is 12.8 Å². The molecule has 0 aliphatic carbocycles. The Labute approximate surface area is 128 Å². The lowest BCUT2D eigenvalue weighted by molar-refractivity contribution is 0.432. The van der Waals surface area contributed by atoms with E-state index in [2.05, 4.69) is 20.0 Å². The normalized spacial score (nSPS) is 14.5. The van der Waals surface area contributed by atoms with Gasteiger partial charge in [-0.3, -0.25) is 0 Å². The highest BCUT2D eigenvalue weighted by Gasteiger charge is 2.15. The fourth-order valence-corrected chi connectivity index (χ4v) is 2.69. The summed E-state index contributed by atoms with van der Waals surface area (Å²) in [7, 11) is 0. The van der Waals surface area contributed by atoms with Crippen molar-refractivity contribution >= 4 is 5.82 Å². The van der Waals surface area contributed by atoms with Crippen molar-refractivity contribution in [2.45, 2.75) is 12.8 Å². The van der Waals surface area contributed by atoms with Gasteiger partial charge in [0.25, 0.3) is 5.89 Å². The van der Waals surface area contributed by atoms with E-state index in [1.165, 1.54) is 12.8 Å². The van der Waals surface area contributed by atoms with Gasteiger partial charge in [-0.25, -0.2) is 4.98 Å². The summed E-state index contributed by atoms with van der Waals surface area (Å²) in [6.07, 6.45) is 4.29. The summed E-state index contributed by atoms with van der Waals surface area (Å²) in [6.45, 7) is 2.18. The molecule has 2 aromatic heterocycles. The van der Waals surface area contributed by atoms with Crippen molar-refractivity contribution in [3.05, 3.63) is 48.7 Å². The van der Waals surface area contributed by atoms with Crippen molar-refractivity contribution in [1.29, 1.82) is 0 Å². The van der Waals surface area contributed by atoms with Crippen LogP contribution in [-0.4, -0.2) is 28.2 Å². The third-order valence-corrected chi connectivity index (χ3v) is 3.88. The van der Waals surface area contributed by atoms with Crippen molar-refractivity contribution < 1.29 is 4.52 Å². The van der Waals surface area contributed by atoms with E-state index >= 15 is 0 Å². The van der Waals surface area contributed by atoms with Gasteiger partial charge in [0.2, 0.25) is 5.82 Å². The van der Waals surface area contributed by atoms with E-state index in [1.807, 2.05) is 42.5 Å². The van der Waals surface area contributed by atoms with Crippen LogP contribution in [0, 0.1) is 0 Å². The molecule has 0 bridgehead atoms. The first kappa shape index (κ1) is 13.0. The van der Waals surface area contributed by atoms with Gasteiger partial charge in [-0.1, -0.05) is 35.5 Å². The summed E-state index contributed by atoms with van der Waals surface area (Å²) in [5, 5.41) is 4.04. The van der Waals surface area contributed by atoms with Crippen molar-refractivity contribution in [2.75, 3.05) is 18.0 Å². The Kier molecular flexibility index (Phi) is 3.31. The number of pyridine rings is 1. The summed E-state index contributed by atoms with van der Waals surface area (Å²) in [4.78, 5) is 11.3. The Bertz CT molecular complexity index is 746. The maximum Gasteiger partial charge on any atom is 0.259 e. The number of benzene rings is 1. The second-order valence-electron chi connectivity index (χ2n) is 5.39. The molecule has 0 radical (unpaired) electrons. The highest BCUT2D eigenvalue weighted by atomic mass is 16.5. The van der Waals surface area contributed by atoms with Gasteiger partial charge in [-0.05, 0) is 25.0 Å². The molecule has 0 N–H and O–H groups in total. The zero-order valence-corrected chi connectivity index (χ0v) is 12.1. The van der Waals surface area contributed by atoms with Crippen LogP contribution in [0.4, 0.5) is 5.82 Å². The average molecular weight is 292 g/mol. The van der Waals surface area contributed by atoms with Gasteiger partial charge in [0, 0.05) is 24.8 Å². The minimum absolute atomic E-state index is 0.499. The molecule has 3 heterocycles. The van der Waals surface area contributed by atoms with E-state index in [1.54, 1.807) is 6.20 Å². The van der Waals surface area contributed by atoms with Gasteiger partial charge in [0.1, 0.15) is 5.82 Å². The first-order valence-corrected chi connectivity index (χ1v) is 7.51. The van der Waals surface area contributed by atoms with Crippen molar-refractivity contribution in [3.63, 3.8) is 0 Å². The lowest BCUT2D eigenvalue weighted by atomic mass is 10.2. The number of aromatic nitrogens is 3. The zero-order valence-electron chi connectivity index (χ0n) is 12.1. The van der Waals surface area contributed by atoms with E-state index in [4.69, 9.17) is 4.52 Å². The van der Waals surface area contributed by atoms with Crippen LogP contribution < -0.4 is 4.90 Å². The van der Waals surface area contributed by atoms with Crippen LogP contribution in [-0.2, 0) is 0 Å². The summed E-state index contributed by atoms with van der Waals surface area (Å²) >= 11 is 0. The predicted molar refractivity (Wildman–Crippen MR) is 84.4 cm³/mol.